The molecule has 0 unspecified atom stereocenters. The van der Waals surface area contributed by atoms with Crippen LogP contribution in [0.25, 0.3) is 10.9 Å². The van der Waals surface area contributed by atoms with Crippen LogP contribution in [0.4, 0.5) is 5.69 Å². The zero-order chi connectivity index (χ0) is 14.7. The number of rotatable bonds is 5. The van der Waals surface area contributed by atoms with E-state index >= 15 is 0 Å². The summed E-state index contributed by atoms with van der Waals surface area (Å²) in [5.74, 6) is 1.48. The summed E-state index contributed by atoms with van der Waals surface area (Å²) < 4.78 is 10.5. The molecule has 5 heteroatoms. The van der Waals surface area contributed by atoms with Crippen LogP contribution < -0.4 is 14.8 Å². The first-order valence-electron chi connectivity index (χ1n) is 6.68. The second kappa shape index (κ2) is 5.75. The minimum atomic E-state index is 0.712. The molecule has 2 aromatic carbocycles. The smallest absolute Gasteiger partial charge is 0.161 e. The van der Waals surface area contributed by atoms with Gasteiger partial charge < -0.3 is 14.8 Å². The van der Waals surface area contributed by atoms with Crippen LogP contribution in [-0.2, 0) is 6.54 Å². The molecule has 2 N–H and O–H groups in total. The van der Waals surface area contributed by atoms with Crippen LogP contribution in [0.15, 0.2) is 42.6 Å². The Kier molecular flexibility index (Phi) is 3.64. The highest BCUT2D eigenvalue weighted by molar-refractivity contribution is 5.81. The molecule has 1 heterocycles. The molecule has 0 radical (unpaired) electrons. The fourth-order valence-electron chi connectivity index (χ4n) is 2.25. The fourth-order valence-corrected chi connectivity index (χ4v) is 2.25. The highest BCUT2D eigenvalue weighted by Crippen LogP contribution is 2.28. The van der Waals surface area contributed by atoms with Gasteiger partial charge in [-0.05, 0) is 35.9 Å². The summed E-state index contributed by atoms with van der Waals surface area (Å²) in [4.78, 5) is 0. The van der Waals surface area contributed by atoms with Crippen molar-refractivity contribution in [1.29, 1.82) is 0 Å². The third-order valence-corrected chi connectivity index (χ3v) is 3.38. The van der Waals surface area contributed by atoms with Crippen molar-refractivity contribution in [3.63, 3.8) is 0 Å². The van der Waals surface area contributed by atoms with E-state index in [1.165, 1.54) is 0 Å². The maximum absolute atomic E-state index is 5.31. The molecule has 3 aromatic rings. The SMILES string of the molecule is COc1ccc(CNc2ccc3[nH]ncc3c2)cc1OC. The lowest BCUT2D eigenvalue weighted by Gasteiger charge is -2.11. The number of benzene rings is 2. The van der Waals surface area contributed by atoms with Gasteiger partial charge in [-0.2, -0.15) is 5.10 Å². The summed E-state index contributed by atoms with van der Waals surface area (Å²) in [6.07, 6.45) is 1.82. The van der Waals surface area contributed by atoms with Gasteiger partial charge in [0.25, 0.3) is 0 Å². The Morgan fingerprint density at radius 3 is 2.71 bits per heavy atom. The van der Waals surface area contributed by atoms with Crippen molar-refractivity contribution in [1.82, 2.24) is 10.2 Å². The quantitative estimate of drug-likeness (QED) is 0.755. The number of methoxy groups -OCH3 is 2. The van der Waals surface area contributed by atoms with Gasteiger partial charge in [0.15, 0.2) is 11.5 Å². The van der Waals surface area contributed by atoms with Gasteiger partial charge in [0.05, 0.1) is 25.9 Å². The first kappa shape index (κ1) is 13.3. The third-order valence-electron chi connectivity index (χ3n) is 3.38. The molecule has 0 amide bonds. The van der Waals surface area contributed by atoms with Gasteiger partial charge in [0, 0.05) is 17.6 Å². The van der Waals surface area contributed by atoms with Crippen LogP contribution in [-0.4, -0.2) is 24.4 Å². The van der Waals surface area contributed by atoms with Crippen molar-refractivity contribution in [3.8, 4) is 11.5 Å². The second-order valence-corrected chi connectivity index (χ2v) is 4.71. The molecular formula is C16H17N3O2. The minimum Gasteiger partial charge on any atom is -0.493 e. The number of aromatic amines is 1. The number of hydrogen-bond donors (Lipinski definition) is 2. The molecule has 0 bridgehead atoms. The predicted molar refractivity (Wildman–Crippen MR) is 83.0 cm³/mol. The van der Waals surface area contributed by atoms with Gasteiger partial charge in [0.1, 0.15) is 0 Å². The van der Waals surface area contributed by atoms with Crippen molar-refractivity contribution in [3.05, 3.63) is 48.2 Å². The molecule has 0 fully saturated rings. The summed E-state index contributed by atoms with van der Waals surface area (Å²) in [6.45, 7) is 0.712. The van der Waals surface area contributed by atoms with Crippen LogP contribution in [0.1, 0.15) is 5.56 Å². The molecule has 0 aliphatic heterocycles. The first-order valence-corrected chi connectivity index (χ1v) is 6.68. The van der Waals surface area contributed by atoms with Crippen LogP contribution in [0.5, 0.6) is 11.5 Å². The number of hydrogen-bond acceptors (Lipinski definition) is 4. The third kappa shape index (κ3) is 2.76. The molecule has 0 saturated carbocycles. The Hall–Kier alpha value is -2.69. The maximum Gasteiger partial charge on any atom is 0.161 e. The number of H-pyrrole nitrogens is 1. The maximum atomic E-state index is 5.31. The topological polar surface area (TPSA) is 59.2 Å². The molecule has 0 saturated heterocycles. The standard InChI is InChI=1S/C16H17N3O2/c1-20-15-6-3-11(7-16(15)21-2)9-17-13-4-5-14-12(8-13)10-18-19-14/h3-8,10,17H,9H2,1-2H3,(H,18,19). The first-order chi connectivity index (χ1) is 10.3. The van der Waals surface area contributed by atoms with Crippen molar-refractivity contribution in [2.24, 2.45) is 0 Å². The van der Waals surface area contributed by atoms with Gasteiger partial charge in [-0.3, -0.25) is 5.10 Å². The van der Waals surface area contributed by atoms with E-state index < -0.39 is 0 Å². The lowest BCUT2D eigenvalue weighted by atomic mass is 10.2. The number of anilines is 1. The van der Waals surface area contributed by atoms with E-state index in [1.807, 2.05) is 36.5 Å². The molecule has 0 aliphatic carbocycles. The zero-order valence-electron chi connectivity index (χ0n) is 12.0. The molecule has 3 rings (SSSR count). The van der Waals surface area contributed by atoms with E-state index in [2.05, 4.69) is 21.6 Å². The van der Waals surface area contributed by atoms with Gasteiger partial charge >= 0.3 is 0 Å². The molecule has 5 nitrogen and oxygen atoms in total. The van der Waals surface area contributed by atoms with Crippen molar-refractivity contribution < 1.29 is 9.47 Å². The zero-order valence-corrected chi connectivity index (χ0v) is 12.0. The van der Waals surface area contributed by atoms with Gasteiger partial charge in [-0.15, -0.1) is 0 Å². The summed E-state index contributed by atoms with van der Waals surface area (Å²) in [7, 11) is 3.28. The molecule has 21 heavy (non-hydrogen) atoms. The Morgan fingerprint density at radius 1 is 1.05 bits per heavy atom. The lowest BCUT2D eigenvalue weighted by molar-refractivity contribution is 0.354. The lowest BCUT2D eigenvalue weighted by Crippen LogP contribution is -2.00. The van der Waals surface area contributed by atoms with Crippen molar-refractivity contribution in [2.45, 2.75) is 6.54 Å². The van der Waals surface area contributed by atoms with E-state index in [0.717, 1.165) is 33.7 Å². The molecule has 0 aliphatic rings. The van der Waals surface area contributed by atoms with Gasteiger partial charge in [0.2, 0.25) is 0 Å². The Labute approximate surface area is 122 Å². The van der Waals surface area contributed by atoms with E-state index in [4.69, 9.17) is 9.47 Å². The van der Waals surface area contributed by atoms with E-state index in [0.29, 0.717) is 6.54 Å². The predicted octanol–water partition coefficient (Wildman–Crippen LogP) is 3.19. The van der Waals surface area contributed by atoms with Crippen LogP contribution >= 0.6 is 0 Å². The molecular weight excluding hydrogens is 266 g/mol. The van der Waals surface area contributed by atoms with E-state index in [1.54, 1.807) is 14.2 Å². The normalized spacial score (nSPS) is 10.6. The number of fused-ring (bicyclic) bond motifs is 1. The average Bonchev–Trinajstić information content (AvgIpc) is 3.00. The monoisotopic (exact) mass is 283 g/mol. The molecule has 108 valence electrons. The van der Waals surface area contributed by atoms with Crippen molar-refractivity contribution >= 4 is 16.6 Å². The summed E-state index contributed by atoms with van der Waals surface area (Å²) in [5.41, 5.74) is 3.21. The summed E-state index contributed by atoms with van der Waals surface area (Å²) >= 11 is 0. The van der Waals surface area contributed by atoms with Crippen molar-refractivity contribution in [2.75, 3.05) is 19.5 Å². The highest BCUT2D eigenvalue weighted by atomic mass is 16.5. The van der Waals surface area contributed by atoms with E-state index in [-0.39, 0.29) is 0 Å². The highest BCUT2D eigenvalue weighted by Gasteiger charge is 2.04. The molecule has 0 spiro atoms. The Bertz CT molecular complexity index is 752. The number of ether oxygens (including phenoxy) is 2. The number of nitrogens with zero attached hydrogens (tertiary/aromatic N) is 1. The Balaban J connectivity index is 1.74. The summed E-state index contributed by atoms with van der Waals surface area (Å²) in [5, 5.41) is 11.4. The van der Waals surface area contributed by atoms with E-state index in [9.17, 15) is 0 Å². The molecule has 1 aromatic heterocycles. The minimum absolute atomic E-state index is 0.712. The second-order valence-electron chi connectivity index (χ2n) is 4.71. The number of nitrogens with one attached hydrogen (secondary N) is 2. The molecule has 0 atom stereocenters. The fraction of sp³-hybridized carbons (Fsp3) is 0.188. The average molecular weight is 283 g/mol. The Morgan fingerprint density at radius 2 is 1.90 bits per heavy atom. The largest absolute Gasteiger partial charge is 0.493 e. The summed E-state index contributed by atoms with van der Waals surface area (Å²) in [6, 6.07) is 12.0. The van der Waals surface area contributed by atoms with Crippen LogP contribution in [0, 0.1) is 0 Å². The number of aromatic nitrogens is 2. The van der Waals surface area contributed by atoms with Crippen LogP contribution in [0.2, 0.25) is 0 Å². The van der Waals surface area contributed by atoms with Gasteiger partial charge in [-0.25, -0.2) is 0 Å². The van der Waals surface area contributed by atoms with Gasteiger partial charge in [-0.1, -0.05) is 6.07 Å². The van der Waals surface area contributed by atoms with Crippen LogP contribution in [0.3, 0.4) is 0 Å².